The molecule has 1 saturated carbocycles. The molecular formula is C19H18FNO3S. The number of nitrogens with zero attached hydrogens (tertiary/aromatic N) is 1. The Morgan fingerprint density at radius 2 is 1.92 bits per heavy atom. The van der Waals surface area contributed by atoms with Crippen LogP contribution >= 0.6 is 0 Å². The van der Waals surface area contributed by atoms with Gasteiger partial charge in [-0.05, 0) is 36.8 Å². The van der Waals surface area contributed by atoms with E-state index in [9.17, 15) is 18.1 Å². The van der Waals surface area contributed by atoms with Crippen LogP contribution in [0.2, 0.25) is 0 Å². The second-order valence-corrected chi connectivity index (χ2v) is 8.47. The SMILES string of the molecule is COCC1(C#N)C(c2cccc(F)c2)C1S(=O)(=O)c1ccc(C)cc1. The Morgan fingerprint density at radius 1 is 1.24 bits per heavy atom. The van der Waals surface area contributed by atoms with E-state index in [1.165, 1.54) is 25.3 Å². The van der Waals surface area contributed by atoms with Gasteiger partial charge in [0.15, 0.2) is 9.84 Å². The first kappa shape index (κ1) is 17.6. The molecule has 0 amide bonds. The Morgan fingerprint density at radius 3 is 2.48 bits per heavy atom. The van der Waals surface area contributed by atoms with E-state index in [1.807, 2.05) is 6.92 Å². The average Bonchev–Trinajstić information content (AvgIpc) is 3.26. The molecule has 4 nitrogen and oxygen atoms in total. The Hall–Kier alpha value is -2.23. The molecular weight excluding hydrogens is 341 g/mol. The largest absolute Gasteiger partial charge is 0.383 e. The van der Waals surface area contributed by atoms with Crippen molar-refractivity contribution in [3.05, 3.63) is 65.5 Å². The number of hydrogen-bond acceptors (Lipinski definition) is 4. The number of sulfone groups is 1. The normalized spacial score (nSPS) is 25.4. The maximum absolute atomic E-state index is 13.6. The second-order valence-electron chi connectivity index (χ2n) is 6.40. The van der Waals surface area contributed by atoms with Crippen LogP contribution in [0, 0.1) is 29.5 Å². The molecule has 0 saturated heterocycles. The molecule has 130 valence electrons. The highest BCUT2D eigenvalue weighted by Crippen LogP contribution is 2.63. The summed E-state index contributed by atoms with van der Waals surface area (Å²) in [6, 6.07) is 14.4. The first-order valence-electron chi connectivity index (χ1n) is 7.83. The Balaban J connectivity index is 2.09. The number of halogens is 1. The van der Waals surface area contributed by atoms with Crippen LogP contribution < -0.4 is 0 Å². The number of methoxy groups -OCH3 is 1. The van der Waals surface area contributed by atoms with E-state index in [0.717, 1.165) is 5.56 Å². The monoisotopic (exact) mass is 359 g/mol. The van der Waals surface area contributed by atoms with Crippen molar-refractivity contribution in [2.75, 3.05) is 13.7 Å². The third-order valence-electron chi connectivity index (χ3n) is 4.74. The van der Waals surface area contributed by atoms with Gasteiger partial charge in [-0.25, -0.2) is 12.8 Å². The summed E-state index contributed by atoms with van der Waals surface area (Å²) in [5.41, 5.74) is 0.228. The molecule has 0 radical (unpaired) electrons. The van der Waals surface area contributed by atoms with Crippen molar-refractivity contribution in [3.8, 4) is 6.07 Å². The smallest absolute Gasteiger partial charge is 0.183 e. The summed E-state index contributed by atoms with van der Waals surface area (Å²) in [5, 5.41) is 8.76. The maximum Gasteiger partial charge on any atom is 0.183 e. The third kappa shape index (κ3) is 2.84. The van der Waals surface area contributed by atoms with Crippen molar-refractivity contribution in [2.24, 2.45) is 5.41 Å². The Kier molecular flexibility index (Phi) is 4.40. The van der Waals surface area contributed by atoms with E-state index < -0.39 is 32.2 Å². The zero-order chi connectivity index (χ0) is 18.2. The predicted molar refractivity (Wildman–Crippen MR) is 91.2 cm³/mol. The van der Waals surface area contributed by atoms with Crippen LogP contribution in [-0.4, -0.2) is 27.4 Å². The standard InChI is InChI=1S/C19H18FNO3S/c1-13-6-8-16(9-7-13)25(22,23)18-17(19(18,11-21)12-24-2)14-4-3-5-15(20)10-14/h3-10,17-18H,12H2,1-2H3. The van der Waals surface area contributed by atoms with Gasteiger partial charge < -0.3 is 4.74 Å². The Labute approximate surface area is 146 Å². The molecule has 0 aromatic heterocycles. The van der Waals surface area contributed by atoms with Gasteiger partial charge >= 0.3 is 0 Å². The van der Waals surface area contributed by atoms with E-state index in [0.29, 0.717) is 5.56 Å². The van der Waals surface area contributed by atoms with Gasteiger partial charge in [0.25, 0.3) is 0 Å². The summed E-state index contributed by atoms with van der Waals surface area (Å²) in [5.74, 6) is -1.08. The summed E-state index contributed by atoms with van der Waals surface area (Å²) in [6.45, 7) is 1.84. The van der Waals surface area contributed by atoms with Gasteiger partial charge in [-0.15, -0.1) is 0 Å². The van der Waals surface area contributed by atoms with E-state index in [-0.39, 0.29) is 11.5 Å². The van der Waals surface area contributed by atoms with Crippen LogP contribution in [0.15, 0.2) is 53.4 Å². The van der Waals surface area contributed by atoms with Gasteiger partial charge in [-0.3, -0.25) is 0 Å². The highest BCUT2D eigenvalue weighted by molar-refractivity contribution is 7.92. The summed E-state index contributed by atoms with van der Waals surface area (Å²) < 4.78 is 45.0. The molecule has 0 spiro atoms. The maximum atomic E-state index is 13.6. The molecule has 2 aromatic rings. The average molecular weight is 359 g/mol. The fraction of sp³-hybridized carbons (Fsp3) is 0.316. The number of rotatable bonds is 5. The summed E-state index contributed by atoms with van der Waals surface area (Å²) in [7, 11) is -2.33. The second kappa shape index (κ2) is 6.25. The van der Waals surface area contributed by atoms with E-state index in [2.05, 4.69) is 6.07 Å². The van der Waals surface area contributed by atoms with Crippen molar-refractivity contribution >= 4 is 9.84 Å². The number of benzene rings is 2. The van der Waals surface area contributed by atoms with E-state index >= 15 is 0 Å². The summed E-state index contributed by atoms with van der Waals surface area (Å²) in [4.78, 5) is 0.165. The predicted octanol–water partition coefficient (Wildman–Crippen LogP) is 3.23. The number of ether oxygens (including phenoxy) is 1. The molecule has 6 heteroatoms. The molecule has 25 heavy (non-hydrogen) atoms. The number of nitriles is 1. The van der Waals surface area contributed by atoms with Crippen molar-refractivity contribution in [1.82, 2.24) is 0 Å². The van der Waals surface area contributed by atoms with Crippen LogP contribution in [0.25, 0.3) is 0 Å². The van der Waals surface area contributed by atoms with Crippen LogP contribution in [0.3, 0.4) is 0 Å². The lowest BCUT2D eigenvalue weighted by molar-refractivity contribution is 0.162. The van der Waals surface area contributed by atoms with Crippen molar-refractivity contribution < 1.29 is 17.5 Å². The number of hydrogen-bond donors (Lipinski definition) is 0. The topological polar surface area (TPSA) is 67.2 Å². The van der Waals surface area contributed by atoms with Crippen LogP contribution in [0.4, 0.5) is 4.39 Å². The van der Waals surface area contributed by atoms with Crippen LogP contribution in [0.1, 0.15) is 17.0 Å². The highest BCUT2D eigenvalue weighted by atomic mass is 32.2. The highest BCUT2D eigenvalue weighted by Gasteiger charge is 2.72. The minimum atomic E-state index is -3.76. The number of aryl methyl sites for hydroxylation is 1. The van der Waals surface area contributed by atoms with Gasteiger partial charge in [-0.1, -0.05) is 29.8 Å². The molecule has 0 heterocycles. The third-order valence-corrected chi connectivity index (χ3v) is 7.03. The molecule has 2 aromatic carbocycles. The van der Waals surface area contributed by atoms with Gasteiger partial charge in [0.1, 0.15) is 11.2 Å². The van der Waals surface area contributed by atoms with Crippen LogP contribution in [-0.2, 0) is 14.6 Å². The van der Waals surface area contributed by atoms with Crippen molar-refractivity contribution in [2.45, 2.75) is 23.0 Å². The summed E-state index contributed by atoms with van der Waals surface area (Å²) in [6.07, 6.45) is 0. The van der Waals surface area contributed by atoms with E-state index in [1.54, 1.807) is 30.3 Å². The molecule has 0 bridgehead atoms. The van der Waals surface area contributed by atoms with Gasteiger partial charge in [0, 0.05) is 13.0 Å². The first-order chi connectivity index (χ1) is 11.9. The first-order valence-corrected chi connectivity index (χ1v) is 9.37. The molecule has 3 atom stereocenters. The minimum Gasteiger partial charge on any atom is -0.383 e. The molecule has 1 fully saturated rings. The molecule has 3 unspecified atom stereocenters. The molecule has 0 N–H and O–H groups in total. The van der Waals surface area contributed by atoms with Gasteiger partial charge in [-0.2, -0.15) is 5.26 Å². The lowest BCUT2D eigenvalue weighted by Gasteiger charge is -2.08. The van der Waals surface area contributed by atoms with Gasteiger partial charge in [0.2, 0.25) is 0 Å². The molecule has 3 rings (SSSR count). The quantitative estimate of drug-likeness (QED) is 0.822. The lowest BCUT2D eigenvalue weighted by Crippen LogP contribution is -2.19. The Bertz CT molecular complexity index is 934. The minimum absolute atomic E-state index is 0.0273. The summed E-state index contributed by atoms with van der Waals surface area (Å²) >= 11 is 0. The molecule has 0 aliphatic heterocycles. The molecule has 1 aliphatic rings. The lowest BCUT2D eigenvalue weighted by atomic mass is 10.0. The van der Waals surface area contributed by atoms with Gasteiger partial charge in [0.05, 0.1) is 22.8 Å². The fourth-order valence-corrected chi connectivity index (χ4v) is 5.79. The van der Waals surface area contributed by atoms with E-state index in [4.69, 9.17) is 4.74 Å². The zero-order valence-electron chi connectivity index (χ0n) is 13.9. The van der Waals surface area contributed by atoms with Crippen molar-refractivity contribution in [1.29, 1.82) is 5.26 Å². The molecule has 1 aliphatic carbocycles. The fourth-order valence-electron chi connectivity index (χ4n) is 3.48. The van der Waals surface area contributed by atoms with Crippen molar-refractivity contribution in [3.63, 3.8) is 0 Å². The van der Waals surface area contributed by atoms with Crippen LogP contribution in [0.5, 0.6) is 0 Å². The zero-order valence-corrected chi connectivity index (χ0v) is 14.8.